The Balaban J connectivity index is 1.43. The maximum absolute atomic E-state index is 10.4. The Morgan fingerprint density at radius 1 is 1.00 bits per heavy atom. The molecule has 0 bridgehead atoms. The molecule has 140 valence electrons. The van der Waals surface area contributed by atoms with E-state index in [1.807, 2.05) is 0 Å². The third kappa shape index (κ3) is 2.35. The molecule has 0 unspecified atom stereocenters. The predicted octanol–water partition coefficient (Wildman–Crippen LogP) is 4.68. The summed E-state index contributed by atoms with van der Waals surface area (Å²) in [5, 5.41) is 14.4. The molecule has 0 heterocycles. The summed E-state index contributed by atoms with van der Waals surface area (Å²) in [6, 6.07) is 1.62. The fraction of sp³-hybridized carbons (Fsp3) is 0.913. The first-order valence-corrected chi connectivity index (χ1v) is 11.1. The summed E-state index contributed by atoms with van der Waals surface area (Å²) >= 11 is 0. The largest absolute Gasteiger partial charge is 0.393 e. The lowest BCUT2D eigenvalue weighted by molar-refractivity contribution is -0.0526. The summed E-state index contributed by atoms with van der Waals surface area (Å²) in [5.74, 6) is 3.04. The highest BCUT2D eigenvalue weighted by molar-refractivity contribution is 5.27. The van der Waals surface area contributed by atoms with Crippen LogP contribution in [0.2, 0.25) is 0 Å². The Labute approximate surface area is 153 Å². The van der Waals surface area contributed by atoms with Crippen molar-refractivity contribution < 1.29 is 5.11 Å². The number of aliphatic hydroxyl groups is 1. The summed E-state index contributed by atoms with van der Waals surface area (Å²) in [7, 11) is 0. The van der Waals surface area contributed by atoms with Crippen LogP contribution >= 0.6 is 0 Å². The van der Waals surface area contributed by atoms with Gasteiger partial charge in [-0.1, -0.05) is 32.4 Å². The SMILES string of the molecule is C[C@@H]1C2=CC[C@H]3[C@@H]4CC[C@H](NC5CC5)[C@@]4(C)CC[C@@H]3[C@@]2(C)CC[C@@H]1O. The number of aliphatic hydroxyl groups excluding tert-OH is 1. The highest BCUT2D eigenvalue weighted by Crippen LogP contribution is 2.65. The molecule has 0 saturated heterocycles. The second-order valence-corrected chi connectivity index (χ2v) is 10.7. The van der Waals surface area contributed by atoms with Gasteiger partial charge in [-0.15, -0.1) is 0 Å². The van der Waals surface area contributed by atoms with Gasteiger partial charge in [-0.05, 0) is 86.4 Å². The van der Waals surface area contributed by atoms with Gasteiger partial charge in [0, 0.05) is 18.0 Å². The minimum Gasteiger partial charge on any atom is -0.393 e. The van der Waals surface area contributed by atoms with Gasteiger partial charge in [0.25, 0.3) is 0 Å². The van der Waals surface area contributed by atoms with E-state index in [2.05, 4.69) is 32.2 Å². The molecule has 8 atom stereocenters. The first-order valence-electron chi connectivity index (χ1n) is 11.1. The number of fused-ring (bicyclic) bond motifs is 5. The first kappa shape index (κ1) is 16.8. The Bertz CT molecular complexity index is 581. The molecular formula is C23H37NO. The summed E-state index contributed by atoms with van der Waals surface area (Å²) in [4.78, 5) is 0. The molecule has 2 N–H and O–H groups in total. The van der Waals surface area contributed by atoms with Crippen LogP contribution in [0, 0.1) is 34.5 Å². The van der Waals surface area contributed by atoms with Crippen LogP contribution in [0.5, 0.6) is 0 Å². The first-order chi connectivity index (χ1) is 11.9. The number of allylic oxidation sites excluding steroid dienone is 1. The van der Waals surface area contributed by atoms with Crippen LogP contribution in [-0.2, 0) is 0 Å². The van der Waals surface area contributed by atoms with Crippen molar-refractivity contribution in [3.63, 3.8) is 0 Å². The smallest absolute Gasteiger partial charge is 0.0603 e. The zero-order chi connectivity index (χ0) is 17.4. The number of hydrogen-bond donors (Lipinski definition) is 2. The zero-order valence-electron chi connectivity index (χ0n) is 16.4. The maximum Gasteiger partial charge on any atom is 0.0603 e. The van der Waals surface area contributed by atoms with E-state index in [-0.39, 0.29) is 6.10 Å². The molecule has 5 rings (SSSR count). The Morgan fingerprint density at radius 2 is 1.80 bits per heavy atom. The topological polar surface area (TPSA) is 32.3 Å². The Kier molecular flexibility index (Phi) is 3.75. The lowest BCUT2D eigenvalue weighted by Gasteiger charge is -2.59. The van der Waals surface area contributed by atoms with Gasteiger partial charge in [0.05, 0.1) is 6.10 Å². The zero-order valence-corrected chi connectivity index (χ0v) is 16.4. The van der Waals surface area contributed by atoms with Crippen molar-refractivity contribution in [2.75, 3.05) is 0 Å². The third-order valence-corrected chi connectivity index (χ3v) is 9.57. The van der Waals surface area contributed by atoms with E-state index in [9.17, 15) is 5.11 Å². The van der Waals surface area contributed by atoms with Crippen molar-refractivity contribution in [1.82, 2.24) is 5.32 Å². The molecular weight excluding hydrogens is 306 g/mol. The fourth-order valence-electron chi connectivity index (χ4n) is 7.87. The highest BCUT2D eigenvalue weighted by atomic mass is 16.3. The average molecular weight is 344 g/mol. The lowest BCUT2D eigenvalue weighted by atomic mass is 9.46. The van der Waals surface area contributed by atoms with Crippen LogP contribution in [0.1, 0.15) is 78.6 Å². The molecule has 5 aliphatic carbocycles. The van der Waals surface area contributed by atoms with Crippen LogP contribution in [-0.4, -0.2) is 23.3 Å². The van der Waals surface area contributed by atoms with E-state index in [0.717, 1.165) is 36.3 Å². The minimum atomic E-state index is -0.108. The van der Waals surface area contributed by atoms with Crippen molar-refractivity contribution in [3.05, 3.63) is 11.6 Å². The molecule has 2 heteroatoms. The van der Waals surface area contributed by atoms with Crippen LogP contribution in [0.25, 0.3) is 0 Å². The van der Waals surface area contributed by atoms with Crippen molar-refractivity contribution in [3.8, 4) is 0 Å². The number of rotatable bonds is 2. The van der Waals surface area contributed by atoms with E-state index in [1.54, 1.807) is 5.57 Å². The fourth-order valence-corrected chi connectivity index (χ4v) is 7.87. The van der Waals surface area contributed by atoms with E-state index >= 15 is 0 Å². The normalized spacial score (nSPS) is 55.1. The van der Waals surface area contributed by atoms with Gasteiger partial charge in [-0.3, -0.25) is 0 Å². The molecule has 25 heavy (non-hydrogen) atoms. The van der Waals surface area contributed by atoms with Crippen molar-refractivity contribution in [2.45, 2.75) is 96.7 Å². The molecule has 0 aromatic rings. The van der Waals surface area contributed by atoms with Crippen molar-refractivity contribution in [2.24, 2.45) is 34.5 Å². The standard InChI is InChI=1S/C23H37NO/c1-14-17-7-6-16-18-8-9-21(24-15-4-5-15)23(18,3)12-10-19(16)22(17,2)13-11-20(14)25/h7,14-16,18-21,24-25H,4-6,8-13H2,1-3H3/t14-,16+,18+,19+,20+,21+,22+,23+/m1/s1. The molecule has 0 aliphatic heterocycles. The summed E-state index contributed by atoms with van der Waals surface area (Å²) in [5.41, 5.74) is 2.51. The van der Waals surface area contributed by atoms with Gasteiger partial charge >= 0.3 is 0 Å². The summed E-state index contributed by atoms with van der Waals surface area (Å²) in [6.45, 7) is 7.44. The number of hydrogen-bond acceptors (Lipinski definition) is 2. The maximum atomic E-state index is 10.4. The summed E-state index contributed by atoms with van der Waals surface area (Å²) < 4.78 is 0. The highest BCUT2D eigenvalue weighted by Gasteiger charge is 2.59. The van der Waals surface area contributed by atoms with Crippen LogP contribution in [0.3, 0.4) is 0 Å². The van der Waals surface area contributed by atoms with Crippen molar-refractivity contribution >= 4 is 0 Å². The van der Waals surface area contributed by atoms with Crippen molar-refractivity contribution in [1.29, 1.82) is 0 Å². The minimum absolute atomic E-state index is 0.108. The molecule has 2 nitrogen and oxygen atoms in total. The van der Waals surface area contributed by atoms with Gasteiger partial charge in [0.2, 0.25) is 0 Å². The molecule has 0 aromatic heterocycles. The van der Waals surface area contributed by atoms with Gasteiger partial charge in [-0.25, -0.2) is 0 Å². The van der Waals surface area contributed by atoms with Crippen LogP contribution < -0.4 is 5.32 Å². The third-order valence-electron chi connectivity index (χ3n) is 9.57. The van der Waals surface area contributed by atoms with Crippen LogP contribution in [0.4, 0.5) is 0 Å². The van der Waals surface area contributed by atoms with Gasteiger partial charge < -0.3 is 10.4 Å². The molecule has 4 saturated carbocycles. The summed E-state index contributed by atoms with van der Waals surface area (Å²) in [6.07, 6.45) is 14.5. The number of nitrogens with one attached hydrogen (secondary N) is 1. The van der Waals surface area contributed by atoms with Gasteiger partial charge in [-0.2, -0.15) is 0 Å². The van der Waals surface area contributed by atoms with Crippen LogP contribution in [0.15, 0.2) is 11.6 Å². The van der Waals surface area contributed by atoms with E-state index in [1.165, 1.54) is 51.4 Å². The second-order valence-electron chi connectivity index (χ2n) is 10.7. The van der Waals surface area contributed by atoms with E-state index in [4.69, 9.17) is 0 Å². The molecule has 5 aliphatic rings. The van der Waals surface area contributed by atoms with Gasteiger partial charge in [0.1, 0.15) is 0 Å². The molecule has 0 amide bonds. The monoisotopic (exact) mass is 343 g/mol. The molecule has 0 radical (unpaired) electrons. The molecule has 0 aromatic carbocycles. The Hall–Kier alpha value is -0.340. The predicted molar refractivity (Wildman–Crippen MR) is 102 cm³/mol. The van der Waals surface area contributed by atoms with E-state index in [0.29, 0.717) is 16.7 Å². The average Bonchev–Trinajstić information content (AvgIpc) is 3.34. The lowest BCUT2D eigenvalue weighted by Crippen LogP contribution is -2.54. The molecule has 4 fully saturated rings. The Morgan fingerprint density at radius 3 is 2.56 bits per heavy atom. The quantitative estimate of drug-likeness (QED) is 0.714. The van der Waals surface area contributed by atoms with Gasteiger partial charge in [0.15, 0.2) is 0 Å². The molecule has 0 spiro atoms. The van der Waals surface area contributed by atoms with E-state index < -0.39 is 0 Å². The second kappa shape index (κ2) is 5.58.